The lowest BCUT2D eigenvalue weighted by molar-refractivity contribution is -0.155. The number of esters is 1. The highest BCUT2D eigenvalue weighted by Crippen LogP contribution is 2.42. The van der Waals surface area contributed by atoms with Gasteiger partial charge in [0, 0.05) is 74.3 Å². The molecule has 0 aliphatic carbocycles. The first-order valence-electron chi connectivity index (χ1n) is 24.1. The average molecular weight is 953 g/mol. The van der Waals surface area contributed by atoms with Crippen molar-refractivity contribution in [2.45, 2.75) is 117 Å². The molecule has 0 radical (unpaired) electrons. The number of carbonyl (C=O) groups excluding carboxylic acids is 4. The van der Waals surface area contributed by atoms with Crippen molar-refractivity contribution in [1.82, 2.24) is 39.4 Å². The molecule has 3 N–H and O–H groups in total. The summed E-state index contributed by atoms with van der Waals surface area (Å²) in [6, 6.07) is 12.6. The fourth-order valence-corrected chi connectivity index (χ4v) is 12.5. The van der Waals surface area contributed by atoms with Gasteiger partial charge in [-0.15, -0.1) is 0 Å². The number of aromatic hydroxyl groups is 1. The molecule has 6 heterocycles. The molecule has 366 valence electrons. The zero-order valence-electron chi connectivity index (χ0n) is 40.9. The largest absolute Gasteiger partial charge is 0.508 e. The van der Waals surface area contributed by atoms with Crippen LogP contribution in [0.3, 0.4) is 0 Å². The van der Waals surface area contributed by atoms with Gasteiger partial charge in [0.2, 0.25) is 21.8 Å². The molecule has 2 aromatic heterocycles. The van der Waals surface area contributed by atoms with Gasteiger partial charge in [0.05, 0.1) is 23.9 Å². The summed E-state index contributed by atoms with van der Waals surface area (Å²) in [7, 11) is -0.287. The summed E-state index contributed by atoms with van der Waals surface area (Å²) in [5, 5.41) is 16.2. The smallest absolute Gasteiger partial charge is 0.324 e. The zero-order valence-corrected chi connectivity index (χ0v) is 41.7. The Hall–Kier alpha value is -5.36. The Kier molecular flexibility index (Phi) is 13.9. The number of phenolic OH excluding ortho intramolecular Hbond substituents is 1. The van der Waals surface area contributed by atoms with Gasteiger partial charge in [0.25, 0.3) is 5.91 Å². The molecule has 3 amide bonds. The molecule has 0 spiro atoms. The van der Waals surface area contributed by atoms with Crippen LogP contribution in [0, 0.1) is 17.3 Å². The first-order chi connectivity index (χ1) is 32.2. The SMILES string of the molecule is CCn1c(-c2cccnc2C(C)C)c2c3cc(ccc31)-c1cc(O)cc(c1)C[C@H](NC(=O)[C@H](C(C)C)N(C)C(=O)[C@H]1CCN(S(=O)(=O)[C@@H]3CN3C)C1)C(=O)N1CCC[C@H](N1)C(=O)OCC(C)(C)C2. The summed E-state index contributed by atoms with van der Waals surface area (Å²) in [6.45, 7) is 16.0. The van der Waals surface area contributed by atoms with Gasteiger partial charge in [0.1, 0.15) is 29.2 Å². The summed E-state index contributed by atoms with van der Waals surface area (Å²) in [6.07, 6.45) is 3.64. The first kappa shape index (κ1) is 49.1. The summed E-state index contributed by atoms with van der Waals surface area (Å²) in [5.74, 6) is -2.75. The second-order valence-electron chi connectivity index (χ2n) is 20.7. The van der Waals surface area contributed by atoms with Crippen molar-refractivity contribution in [1.29, 1.82) is 0 Å². The van der Waals surface area contributed by atoms with Crippen molar-refractivity contribution < 1.29 is 37.4 Å². The van der Waals surface area contributed by atoms with E-state index in [0.29, 0.717) is 44.3 Å². The van der Waals surface area contributed by atoms with E-state index in [-0.39, 0.29) is 56.2 Å². The molecule has 68 heavy (non-hydrogen) atoms. The van der Waals surface area contributed by atoms with Crippen LogP contribution in [0.1, 0.15) is 90.5 Å². The molecule has 0 saturated carbocycles. The van der Waals surface area contributed by atoms with Gasteiger partial charge in [-0.25, -0.2) is 13.8 Å². The van der Waals surface area contributed by atoms with Crippen LogP contribution in [0.15, 0.2) is 54.7 Å². The normalized spacial score (nSPS) is 23.9. The molecule has 3 saturated heterocycles. The molecule has 1 unspecified atom stereocenters. The number of benzene rings is 2. The first-order valence-corrected chi connectivity index (χ1v) is 25.6. The number of carbonyl (C=O) groups is 4. The van der Waals surface area contributed by atoms with Gasteiger partial charge in [0.15, 0.2) is 0 Å². The molecule has 16 nitrogen and oxygen atoms in total. The number of amides is 3. The van der Waals surface area contributed by atoms with Crippen molar-refractivity contribution in [3.05, 3.63) is 71.5 Å². The van der Waals surface area contributed by atoms with Crippen LogP contribution in [0.2, 0.25) is 0 Å². The van der Waals surface area contributed by atoms with E-state index in [2.05, 4.69) is 68.1 Å². The maximum absolute atomic E-state index is 14.8. The highest BCUT2D eigenvalue weighted by molar-refractivity contribution is 7.90. The van der Waals surface area contributed by atoms with Crippen molar-refractivity contribution in [3.8, 4) is 28.1 Å². The molecule has 4 aliphatic rings. The number of rotatable bonds is 10. The Morgan fingerprint density at radius 1 is 1.03 bits per heavy atom. The number of hydrogen-bond donors (Lipinski definition) is 3. The van der Waals surface area contributed by atoms with E-state index in [9.17, 15) is 32.7 Å². The van der Waals surface area contributed by atoms with Gasteiger partial charge in [-0.2, -0.15) is 4.31 Å². The number of aryl methyl sites for hydroxylation is 1. The summed E-state index contributed by atoms with van der Waals surface area (Å²) < 4.78 is 36.2. The predicted octanol–water partition coefficient (Wildman–Crippen LogP) is 5.27. The van der Waals surface area contributed by atoms with E-state index in [1.165, 1.54) is 14.2 Å². The molecular formula is C51H68N8O8S. The third-order valence-corrected chi connectivity index (χ3v) is 16.4. The van der Waals surface area contributed by atoms with E-state index in [0.717, 1.165) is 44.5 Å². The molecule has 4 aromatic rings. The molecule has 3 fully saturated rings. The minimum absolute atomic E-state index is 0.0140. The Bertz CT molecular complexity index is 2720. The number of hydrogen-bond acceptors (Lipinski definition) is 11. The van der Waals surface area contributed by atoms with Crippen LogP contribution in [-0.2, 0) is 53.3 Å². The number of aromatic nitrogens is 2. The lowest BCUT2D eigenvalue weighted by Crippen LogP contribution is -2.62. The molecule has 8 rings (SSSR count). The number of ether oxygens (including phenoxy) is 1. The highest BCUT2D eigenvalue weighted by Gasteiger charge is 2.49. The quantitative estimate of drug-likeness (QED) is 0.139. The van der Waals surface area contributed by atoms with Crippen molar-refractivity contribution in [2.24, 2.45) is 17.3 Å². The second-order valence-corrected chi connectivity index (χ2v) is 22.8. The minimum Gasteiger partial charge on any atom is -0.508 e. The maximum atomic E-state index is 14.8. The van der Waals surface area contributed by atoms with E-state index in [1.807, 2.05) is 38.2 Å². The van der Waals surface area contributed by atoms with Crippen LogP contribution < -0.4 is 10.7 Å². The van der Waals surface area contributed by atoms with Crippen molar-refractivity contribution in [3.63, 3.8) is 0 Å². The predicted molar refractivity (Wildman–Crippen MR) is 260 cm³/mol. The number of cyclic esters (lactones) is 1. The molecule has 6 bridgehead atoms. The van der Waals surface area contributed by atoms with E-state index in [4.69, 9.17) is 9.72 Å². The standard InChI is InChI=1S/C51H68N8O8S/c1-10-58-42-16-15-33-25-38(42)39(46(58)37-13-11-18-52-44(37)30(2)3)26-51(6,7)29-67-50(64)40-14-12-19-59(54-40)49(63)41(23-32-21-35(33)24-36(60)22-32)53-47(61)45(31(4)5)56(9)48(62)34-17-20-57(27-34)68(65,66)43-28-55(43)8/h11,13,15-16,18,21-22,24-25,30-31,34,40-41,43,45,54,60H,10,12,14,17,19-20,23,26-29H2,1-9H3,(H,53,61)/t34-,40-,41-,43+,45-,55?/m0/s1. The minimum atomic E-state index is -3.58. The number of likely N-dealkylation sites (N-methyl/N-ethyl adjacent to an activating group) is 2. The van der Waals surface area contributed by atoms with E-state index < -0.39 is 62.6 Å². The van der Waals surface area contributed by atoms with Crippen LogP contribution in [0.4, 0.5) is 0 Å². The summed E-state index contributed by atoms with van der Waals surface area (Å²) in [4.78, 5) is 65.4. The molecule has 2 aromatic carbocycles. The van der Waals surface area contributed by atoms with Crippen LogP contribution >= 0.6 is 0 Å². The lowest BCUT2D eigenvalue weighted by atomic mass is 9.83. The van der Waals surface area contributed by atoms with Gasteiger partial charge >= 0.3 is 5.97 Å². The van der Waals surface area contributed by atoms with Crippen molar-refractivity contribution >= 4 is 44.6 Å². The zero-order chi connectivity index (χ0) is 49.0. The number of nitrogens with one attached hydrogen (secondary N) is 2. The summed E-state index contributed by atoms with van der Waals surface area (Å²) >= 11 is 0. The van der Waals surface area contributed by atoms with Crippen LogP contribution in [0.25, 0.3) is 33.3 Å². The van der Waals surface area contributed by atoms with Gasteiger partial charge in [-0.05, 0) is 110 Å². The molecule has 4 aliphatic heterocycles. The number of fused-ring (bicyclic) bond motifs is 6. The summed E-state index contributed by atoms with van der Waals surface area (Å²) in [5.41, 5.74) is 9.96. The molecule has 17 heteroatoms. The van der Waals surface area contributed by atoms with Crippen LogP contribution in [-0.4, -0.2) is 136 Å². The van der Waals surface area contributed by atoms with E-state index >= 15 is 0 Å². The number of hydrazine groups is 1. The average Bonchev–Trinajstić information content (AvgIpc) is 3.70. The topological polar surface area (TPSA) is 186 Å². The second kappa shape index (κ2) is 19.2. The van der Waals surface area contributed by atoms with E-state index in [1.54, 1.807) is 31.1 Å². The fraction of sp³-hybridized carbons (Fsp3) is 0.549. The highest BCUT2D eigenvalue weighted by atomic mass is 32.2. The lowest BCUT2D eigenvalue weighted by Gasteiger charge is -2.37. The van der Waals surface area contributed by atoms with Gasteiger partial charge in [-0.3, -0.25) is 34.1 Å². The molecular weight excluding hydrogens is 885 g/mol. The Balaban J connectivity index is 1.16. The third kappa shape index (κ3) is 9.76. The van der Waals surface area contributed by atoms with Gasteiger partial charge in [-0.1, -0.05) is 53.7 Å². The Morgan fingerprint density at radius 3 is 2.47 bits per heavy atom. The number of pyridine rings is 1. The fourth-order valence-electron chi connectivity index (χ4n) is 10.6. The number of sulfonamides is 1. The monoisotopic (exact) mass is 952 g/mol. The number of phenols is 1. The van der Waals surface area contributed by atoms with Crippen LogP contribution in [0.5, 0.6) is 5.75 Å². The van der Waals surface area contributed by atoms with Gasteiger partial charge < -0.3 is 24.6 Å². The molecule has 6 atom stereocenters. The number of nitrogens with zero attached hydrogens (tertiary/aromatic N) is 6. The Labute approximate surface area is 400 Å². The Morgan fingerprint density at radius 2 is 1.78 bits per heavy atom. The van der Waals surface area contributed by atoms with Crippen molar-refractivity contribution in [2.75, 3.05) is 46.9 Å². The maximum Gasteiger partial charge on any atom is 0.324 e. The third-order valence-electron chi connectivity index (χ3n) is 14.2.